The van der Waals surface area contributed by atoms with Gasteiger partial charge in [0.05, 0.1) is 5.69 Å². The fourth-order valence-electron chi connectivity index (χ4n) is 1.71. The van der Waals surface area contributed by atoms with Crippen molar-refractivity contribution in [1.29, 1.82) is 0 Å². The van der Waals surface area contributed by atoms with E-state index in [9.17, 15) is 14.0 Å². The Morgan fingerprint density at radius 1 is 1.10 bits per heavy atom. The number of hydrogen-bond donors (Lipinski definition) is 2. The summed E-state index contributed by atoms with van der Waals surface area (Å²) in [6, 6.07) is 12.2. The van der Waals surface area contributed by atoms with Crippen LogP contribution in [-0.4, -0.2) is 17.0 Å². The lowest BCUT2D eigenvalue weighted by Gasteiger charge is -2.06. The number of nitrogens with one attached hydrogen (secondary N) is 1. The minimum absolute atomic E-state index is 0.0916. The van der Waals surface area contributed by atoms with Crippen molar-refractivity contribution in [3.63, 3.8) is 0 Å². The van der Waals surface area contributed by atoms with Gasteiger partial charge in [-0.3, -0.25) is 4.79 Å². The molecule has 21 heavy (non-hydrogen) atoms. The maximum Gasteiger partial charge on any atom is 0.328 e. The molecule has 0 saturated heterocycles. The highest BCUT2D eigenvalue weighted by Crippen LogP contribution is 2.15. The third-order valence-corrected chi connectivity index (χ3v) is 2.69. The second kappa shape index (κ2) is 6.47. The molecule has 0 radical (unpaired) electrons. The first-order valence-corrected chi connectivity index (χ1v) is 6.13. The molecule has 4 nitrogen and oxygen atoms in total. The van der Waals surface area contributed by atoms with E-state index in [-0.39, 0.29) is 5.69 Å². The highest BCUT2D eigenvalue weighted by atomic mass is 19.1. The number of hydrogen-bond acceptors (Lipinski definition) is 2. The molecule has 106 valence electrons. The lowest BCUT2D eigenvalue weighted by molar-refractivity contribution is -0.131. The first kappa shape index (κ1) is 14.5. The molecule has 5 heteroatoms. The van der Waals surface area contributed by atoms with E-state index in [1.165, 1.54) is 30.3 Å². The van der Waals surface area contributed by atoms with Crippen molar-refractivity contribution in [2.24, 2.45) is 0 Å². The predicted molar refractivity (Wildman–Crippen MR) is 77.5 cm³/mol. The molecule has 2 rings (SSSR count). The lowest BCUT2D eigenvalue weighted by Crippen LogP contribution is -2.12. The Kier molecular flexibility index (Phi) is 4.46. The number of carbonyl (C=O) groups is 2. The Labute approximate surface area is 120 Å². The van der Waals surface area contributed by atoms with Crippen LogP contribution < -0.4 is 5.32 Å². The van der Waals surface area contributed by atoms with Gasteiger partial charge in [-0.15, -0.1) is 0 Å². The molecule has 0 bridgehead atoms. The first-order valence-electron chi connectivity index (χ1n) is 6.13. The Balaban J connectivity index is 2.18. The predicted octanol–water partition coefficient (Wildman–Crippen LogP) is 3.18. The molecule has 2 N–H and O–H groups in total. The number of carbonyl (C=O) groups excluding carboxylic acids is 1. The van der Waals surface area contributed by atoms with Crippen LogP contribution in [0, 0.1) is 5.82 Å². The Bertz CT molecular complexity index is 710. The van der Waals surface area contributed by atoms with Gasteiger partial charge in [0, 0.05) is 11.6 Å². The van der Waals surface area contributed by atoms with Gasteiger partial charge in [0.25, 0.3) is 5.91 Å². The molecule has 0 saturated carbocycles. The summed E-state index contributed by atoms with van der Waals surface area (Å²) in [6.07, 6.45) is 2.36. The summed E-state index contributed by atoms with van der Waals surface area (Å²) < 4.78 is 13.5. The van der Waals surface area contributed by atoms with E-state index >= 15 is 0 Å². The van der Waals surface area contributed by atoms with Crippen LogP contribution >= 0.6 is 0 Å². The van der Waals surface area contributed by atoms with Crippen LogP contribution in [0.2, 0.25) is 0 Å². The SMILES string of the molecule is O=C(O)C=Cc1cccc(C(=O)Nc2ccccc2F)c1. The molecule has 0 aliphatic heterocycles. The van der Waals surface area contributed by atoms with Crippen LogP contribution in [0.3, 0.4) is 0 Å². The minimum atomic E-state index is -1.07. The molecule has 0 fully saturated rings. The normalized spacial score (nSPS) is 10.5. The van der Waals surface area contributed by atoms with E-state index < -0.39 is 17.7 Å². The molecule has 1 amide bonds. The summed E-state index contributed by atoms with van der Waals surface area (Å²) in [4.78, 5) is 22.5. The maximum absolute atomic E-state index is 13.5. The molecule has 2 aromatic carbocycles. The van der Waals surface area contributed by atoms with E-state index in [0.717, 1.165) is 6.08 Å². The highest BCUT2D eigenvalue weighted by molar-refractivity contribution is 6.04. The zero-order valence-corrected chi connectivity index (χ0v) is 10.9. The first-order chi connectivity index (χ1) is 10.1. The Morgan fingerprint density at radius 3 is 2.57 bits per heavy atom. The van der Waals surface area contributed by atoms with Crippen molar-refractivity contribution < 1.29 is 19.1 Å². The molecule has 0 aliphatic rings. The van der Waals surface area contributed by atoms with E-state index in [1.54, 1.807) is 24.3 Å². The van der Waals surface area contributed by atoms with Crippen LogP contribution in [0.1, 0.15) is 15.9 Å². The third-order valence-electron chi connectivity index (χ3n) is 2.69. The average Bonchev–Trinajstić information content (AvgIpc) is 2.48. The number of carboxylic acid groups (broad SMARTS) is 1. The van der Waals surface area contributed by atoms with Crippen LogP contribution in [0.4, 0.5) is 10.1 Å². The van der Waals surface area contributed by atoms with E-state index in [0.29, 0.717) is 11.1 Å². The quantitative estimate of drug-likeness (QED) is 0.848. The smallest absolute Gasteiger partial charge is 0.328 e. The summed E-state index contributed by atoms with van der Waals surface area (Å²) in [5, 5.41) is 11.0. The second-order valence-electron chi connectivity index (χ2n) is 4.23. The number of carboxylic acids is 1. The molecule has 0 heterocycles. The molecule has 0 aromatic heterocycles. The van der Waals surface area contributed by atoms with Gasteiger partial charge in [0.1, 0.15) is 5.82 Å². The summed E-state index contributed by atoms with van der Waals surface area (Å²) >= 11 is 0. The van der Waals surface area contributed by atoms with Crippen molar-refractivity contribution in [3.8, 4) is 0 Å². The molecule has 0 spiro atoms. The maximum atomic E-state index is 13.5. The molecular weight excluding hydrogens is 273 g/mol. The van der Waals surface area contributed by atoms with Gasteiger partial charge in [0.2, 0.25) is 0 Å². The van der Waals surface area contributed by atoms with Crippen LogP contribution in [0.15, 0.2) is 54.6 Å². The fourth-order valence-corrected chi connectivity index (χ4v) is 1.71. The molecular formula is C16H12FNO3. The standard InChI is InChI=1S/C16H12FNO3/c17-13-6-1-2-7-14(13)18-16(21)12-5-3-4-11(10-12)8-9-15(19)20/h1-10H,(H,18,21)(H,19,20). The van der Waals surface area contributed by atoms with Crippen molar-refractivity contribution >= 4 is 23.6 Å². The van der Waals surface area contributed by atoms with Gasteiger partial charge >= 0.3 is 5.97 Å². The average molecular weight is 285 g/mol. The van der Waals surface area contributed by atoms with Crippen LogP contribution in [-0.2, 0) is 4.79 Å². The molecule has 0 unspecified atom stereocenters. The number of benzene rings is 2. The van der Waals surface area contributed by atoms with E-state index in [2.05, 4.69) is 5.32 Å². The molecule has 0 aliphatic carbocycles. The number of para-hydroxylation sites is 1. The Morgan fingerprint density at radius 2 is 1.86 bits per heavy atom. The van der Waals surface area contributed by atoms with Gasteiger partial charge < -0.3 is 10.4 Å². The summed E-state index contributed by atoms with van der Waals surface area (Å²) in [5.41, 5.74) is 0.971. The third kappa shape index (κ3) is 4.01. The Hall–Kier alpha value is -2.95. The lowest BCUT2D eigenvalue weighted by atomic mass is 10.1. The number of halogens is 1. The van der Waals surface area contributed by atoms with Gasteiger partial charge in [-0.25, -0.2) is 9.18 Å². The largest absolute Gasteiger partial charge is 0.478 e. The summed E-state index contributed by atoms with van der Waals surface area (Å²) in [5.74, 6) is -2.06. The topological polar surface area (TPSA) is 66.4 Å². The van der Waals surface area contributed by atoms with Gasteiger partial charge in [0.15, 0.2) is 0 Å². The number of anilines is 1. The van der Waals surface area contributed by atoms with Crippen molar-refractivity contribution in [3.05, 3.63) is 71.6 Å². The summed E-state index contributed by atoms with van der Waals surface area (Å²) in [7, 11) is 0. The van der Waals surface area contributed by atoms with Crippen molar-refractivity contribution in [1.82, 2.24) is 0 Å². The molecule has 0 atom stereocenters. The zero-order chi connectivity index (χ0) is 15.2. The fraction of sp³-hybridized carbons (Fsp3) is 0. The number of amides is 1. The van der Waals surface area contributed by atoms with Gasteiger partial charge in [-0.05, 0) is 35.9 Å². The molecule has 2 aromatic rings. The minimum Gasteiger partial charge on any atom is -0.478 e. The second-order valence-corrected chi connectivity index (χ2v) is 4.23. The van der Waals surface area contributed by atoms with Crippen LogP contribution in [0.5, 0.6) is 0 Å². The van der Waals surface area contributed by atoms with Crippen molar-refractivity contribution in [2.45, 2.75) is 0 Å². The number of rotatable bonds is 4. The van der Waals surface area contributed by atoms with Gasteiger partial charge in [-0.1, -0.05) is 24.3 Å². The van der Waals surface area contributed by atoms with Crippen LogP contribution in [0.25, 0.3) is 6.08 Å². The summed E-state index contributed by atoms with van der Waals surface area (Å²) in [6.45, 7) is 0. The highest BCUT2D eigenvalue weighted by Gasteiger charge is 2.08. The van der Waals surface area contributed by atoms with Crippen molar-refractivity contribution in [2.75, 3.05) is 5.32 Å². The monoisotopic (exact) mass is 285 g/mol. The van der Waals surface area contributed by atoms with E-state index in [4.69, 9.17) is 5.11 Å². The number of aliphatic carboxylic acids is 1. The van der Waals surface area contributed by atoms with Gasteiger partial charge in [-0.2, -0.15) is 0 Å². The zero-order valence-electron chi connectivity index (χ0n) is 10.9. The van der Waals surface area contributed by atoms with E-state index in [1.807, 2.05) is 0 Å².